The highest BCUT2D eigenvalue weighted by Crippen LogP contribution is 2.76. The highest BCUT2D eigenvalue weighted by molar-refractivity contribution is 5.37. The summed E-state index contributed by atoms with van der Waals surface area (Å²) in [5.74, 6) is 1.99. The van der Waals surface area contributed by atoms with Crippen molar-refractivity contribution < 1.29 is 5.11 Å². The number of fused-ring (bicyclic) bond motifs is 7. The monoisotopic (exact) mass is 450 g/mol. The topological polar surface area (TPSA) is 20.2 Å². The van der Waals surface area contributed by atoms with Crippen LogP contribution >= 0.6 is 0 Å². The molecule has 4 fully saturated rings. The van der Waals surface area contributed by atoms with Crippen LogP contribution in [0.4, 0.5) is 0 Å². The van der Waals surface area contributed by atoms with E-state index < -0.39 is 0 Å². The minimum Gasteiger partial charge on any atom is -0.393 e. The first-order valence-corrected chi connectivity index (χ1v) is 13.9. The maximum absolute atomic E-state index is 10.9. The van der Waals surface area contributed by atoms with Crippen molar-refractivity contribution in [3.63, 3.8) is 0 Å². The molecule has 5 aliphatic rings. The number of rotatable bonds is 0. The lowest BCUT2D eigenvalue weighted by Crippen LogP contribution is -2.64. The van der Waals surface area contributed by atoms with Crippen molar-refractivity contribution in [2.45, 2.75) is 119 Å². The third-order valence-corrected chi connectivity index (χ3v) is 13.1. The first-order chi connectivity index (χ1) is 15.2. The lowest BCUT2D eigenvalue weighted by Gasteiger charge is -2.71. The molecule has 0 bridgehead atoms. The largest absolute Gasteiger partial charge is 0.393 e. The molecule has 184 valence electrons. The second-order valence-corrected chi connectivity index (χ2v) is 15.3. The lowest BCUT2D eigenvalue weighted by atomic mass is 9.33. The van der Waals surface area contributed by atoms with Crippen molar-refractivity contribution in [1.82, 2.24) is 0 Å². The second kappa shape index (κ2) is 6.91. The Labute approximate surface area is 204 Å². The van der Waals surface area contributed by atoms with Crippen LogP contribution < -0.4 is 0 Å². The number of aliphatic hydroxyl groups is 1. The first kappa shape index (κ1) is 23.9. The zero-order valence-electron chi connectivity index (χ0n) is 22.9. The molecule has 0 heterocycles. The van der Waals surface area contributed by atoms with Crippen LogP contribution in [-0.4, -0.2) is 11.2 Å². The summed E-state index contributed by atoms with van der Waals surface area (Å²) in [4.78, 5) is 0. The molecule has 5 rings (SSSR count). The Bertz CT molecular complexity index is 930. The van der Waals surface area contributed by atoms with Crippen LogP contribution in [0.2, 0.25) is 0 Å². The van der Waals surface area contributed by atoms with Crippen molar-refractivity contribution in [3.8, 4) is 0 Å². The fraction of sp³-hybridized carbons (Fsp3) is 0.844. The molecule has 4 saturated carbocycles. The summed E-state index contributed by atoms with van der Waals surface area (Å²) in [5, 5.41) is 10.9. The van der Waals surface area contributed by atoms with Crippen LogP contribution in [-0.2, 0) is 0 Å². The van der Waals surface area contributed by atoms with E-state index in [-0.39, 0.29) is 22.3 Å². The molecule has 8 atom stereocenters. The molecule has 0 spiro atoms. The molecule has 0 aromatic rings. The van der Waals surface area contributed by atoms with Gasteiger partial charge in [-0.05, 0) is 108 Å². The van der Waals surface area contributed by atoms with Gasteiger partial charge in [0.25, 0.3) is 0 Å². The molecular formula is C32H50O. The molecule has 1 nitrogen and oxygen atoms in total. The van der Waals surface area contributed by atoms with Crippen molar-refractivity contribution in [3.05, 3.63) is 29.5 Å². The quantitative estimate of drug-likeness (QED) is 0.290. The molecule has 33 heavy (non-hydrogen) atoms. The maximum Gasteiger partial charge on any atom is 0.0594 e. The number of allylic oxidation sites excluding steroid dienone is 3. The SMILES string of the molecule is C=C=C1CC(C)(C)C[C@H]2C3=CC[C@@H]4[C@@]5(C)CC[C@H](O)C(C)(C)[C@@H]5CC[C@@]4(C)[C@]3(C)CC[C@@]12C. The van der Waals surface area contributed by atoms with Gasteiger partial charge in [-0.2, -0.15) is 0 Å². The maximum atomic E-state index is 10.9. The van der Waals surface area contributed by atoms with Gasteiger partial charge in [0.05, 0.1) is 6.10 Å². The number of aliphatic hydroxyl groups excluding tert-OH is 1. The van der Waals surface area contributed by atoms with E-state index >= 15 is 0 Å². The van der Waals surface area contributed by atoms with Gasteiger partial charge < -0.3 is 5.11 Å². The minimum absolute atomic E-state index is 0.0292. The predicted octanol–water partition coefficient (Wildman–Crippen LogP) is 8.49. The van der Waals surface area contributed by atoms with Gasteiger partial charge in [0.15, 0.2) is 0 Å². The van der Waals surface area contributed by atoms with E-state index in [0.717, 1.165) is 18.8 Å². The Morgan fingerprint density at radius 2 is 1.61 bits per heavy atom. The van der Waals surface area contributed by atoms with Crippen molar-refractivity contribution in [2.24, 2.45) is 50.2 Å². The molecule has 0 saturated heterocycles. The van der Waals surface area contributed by atoms with E-state index in [1.807, 2.05) is 0 Å². The molecule has 0 amide bonds. The third kappa shape index (κ3) is 2.88. The first-order valence-electron chi connectivity index (χ1n) is 13.9. The molecule has 0 radical (unpaired) electrons. The zero-order valence-corrected chi connectivity index (χ0v) is 22.9. The summed E-state index contributed by atoms with van der Waals surface area (Å²) < 4.78 is 0. The van der Waals surface area contributed by atoms with Gasteiger partial charge in [0.1, 0.15) is 0 Å². The molecule has 1 N–H and O–H groups in total. The Morgan fingerprint density at radius 3 is 2.27 bits per heavy atom. The fourth-order valence-corrected chi connectivity index (χ4v) is 10.8. The number of hydrogen-bond acceptors (Lipinski definition) is 1. The van der Waals surface area contributed by atoms with Gasteiger partial charge in [-0.1, -0.05) is 73.6 Å². The second-order valence-electron chi connectivity index (χ2n) is 15.3. The van der Waals surface area contributed by atoms with Gasteiger partial charge in [-0.15, -0.1) is 5.73 Å². The fourth-order valence-electron chi connectivity index (χ4n) is 10.8. The van der Waals surface area contributed by atoms with E-state index in [1.54, 1.807) is 5.57 Å². The van der Waals surface area contributed by atoms with E-state index in [1.165, 1.54) is 50.5 Å². The Hall–Kier alpha value is -0.780. The minimum atomic E-state index is -0.144. The van der Waals surface area contributed by atoms with E-state index in [9.17, 15) is 5.11 Å². The summed E-state index contributed by atoms with van der Waals surface area (Å²) in [7, 11) is 0. The summed E-state index contributed by atoms with van der Waals surface area (Å²) in [6.45, 7) is 24.3. The molecule has 0 aromatic carbocycles. The van der Waals surface area contributed by atoms with Crippen molar-refractivity contribution in [2.75, 3.05) is 0 Å². The highest BCUT2D eigenvalue weighted by Gasteiger charge is 2.68. The van der Waals surface area contributed by atoms with Gasteiger partial charge >= 0.3 is 0 Å². The van der Waals surface area contributed by atoms with E-state index in [4.69, 9.17) is 0 Å². The smallest absolute Gasteiger partial charge is 0.0594 e. The molecule has 1 heteroatoms. The van der Waals surface area contributed by atoms with Crippen LogP contribution in [0.5, 0.6) is 0 Å². The van der Waals surface area contributed by atoms with Crippen LogP contribution in [0.25, 0.3) is 0 Å². The zero-order chi connectivity index (χ0) is 24.2. The van der Waals surface area contributed by atoms with Crippen molar-refractivity contribution >= 4 is 0 Å². The Balaban J connectivity index is 1.60. The summed E-state index contributed by atoms with van der Waals surface area (Å²) in [6, 6.07) is 0. The van der Waals surface area contributed by atoms with E-state index in [0.29, 0.717) is 28.1 Å². The number of hydrogen-bond donors (Lipinski definition) is 1. The molecule has 0 aliphatic heterocycles. The summed E-state index contributed by atoms with van der Waals surface area (Å²) in [6.07, 6.45) is 13.7. The van der Waals surface area contributed by atoms with Gasteiger partial charge in [-0.25, -0.2) is 0 Å². The molecule has 5 aliphatic carbocycles. The summed E-state index contributed by atoms with van der Waals surface area (Å²) in [5.41, 5.74) is 8.31. The van der Waals surface area contributed by atoms with E-state index in [2.05, 4.69) is 73.8 Å². The van der Waals surface area contributed by atoms with Crippen LogP contribution in [0.1, 0.15) is 113 Å². The lowest BCUT2D eigenvalue weighted by molar-refractivity contribution is -0.201. The van der Waals surface area contributed by atoms with Crippen LogP contribution in [0, 0.1) is 50.2 Å². The Kier molecular flexibility index (Phi) is 5.01. The van der Waals surface area contributed by atoms with Gasteiger partial charge in [-0.3, -0.25) is 0 Å². The van der Waals surface area contributed by atoms with Crippen LogP contribution in [0.3, 0.4) is 0 Å². The van der Waals surface area contributed by atoms with Crippen molar-refractivity contribution in [1.29, 1.82) is 0 Å². The molecule has 0 aromatic heterocycles. The predicted molar refractivity (Wildman–Crippen MR) is 139 cm³/mol. The molecular weight excluding hydrogens is 400 g/mol. The molecule has 0 unspecified atom stereocenters. The standard InChI is InChI=1S/C32H50O/c1-10-21-19-27(2,3)20-23-22-11-12-25-30(7)15-14-26(33)28(4,5)24(30)13-16-32(25,9)31(22,8)18-17-29(21,23)6/h11,23-26,33H,1,12-20H2,2-9H3/t23-,24-,25+,26-,29-,30-,31+,32+/m0/s1. The Morgan fingerprint density at radius 1 is 0.909 bits per heavy atom. The average Bonchev–Trinajstić information content (AvgIpc) is 2.72. The van der Waals surface area contributed by atoms with Crippen LogP contribution in [0.15, 0.2) is 29.5 Å². The average molecular weight is 451 g/mol. The highest BCUT2D eigenvalue weighted by atomic mass is 16.3. The normalized spacial score (nSPS) is 52.4. The van der Waals surface area contributed by atoms with Gasteiger partial charge in [0.2, 0.25) is 0 Å². The third-order valence-electron chi connectivity index (χ3n) is 13.1. The van der Waals surface area contributed by atoms with Gasteiger partial charge in [0, 0.05) is 5.41 Å². The summed E-state index contributed by atoms with van der Waals surface area (Å²) >= 11 is 0.